The number of nitrogens with zero attached hydrogens (tertiary/aromatic N) is 1. The molecule has 9 nitrogen and oxygen atoms in total. The maximum absolute atomic E-state index is 13.5. The summed E-state index contributed by atoms with van der Waals surface area (Å²) in [7, 11) is 2.71. The Morgan fingerprint density at radius 3 is 2.21 bits per heavy atom. The second-order valence-electron chi connectivity index (χ2n) is 9.73. The zero-order valence-corrected chi connectivity index (χ0v) is 21.9. The number of carboxylic acids is 1. The van der Waals surface area contributed by atoms with Crippen molar-refractivity contribution in [1.29, 1.82) is 0 Å². The number of amides is 1. The Labute approximate surface area is 207 Å². The number of thiol groups is 1. The van der Waals surface area contributed by atoms with Crippen molar-refractivity contribution in [2.45, 2.75) is 70.5 Å². The van der Waals surface area contributed by atoms with Crippen molar-refractivity contribution in [3.8, 4) is 11.5 Å². The number of hydrogen-bond acceptors (Lipinski definition) is 8. The number of methoxy groups -OCH3 is 2. The van der Waals surface area contributed by atoms with Gasteiger partial charge in [-0.2, -0.15) is 12.6 Å². The lowest BCUT2D eigenvalue weighted by Gasteiger charge is -2.42. The van der Waals surface area contributed by atoms with Gasteiger partial charge in [-0.05, 0) is 56.8 Å². The van der Waals surface area contributed by atoms with Crippen LogP contribution in [0.3, 0.4) is 0 Å². The lowest BCUT2D eigenvalue weighted by Crippen LogP contribution is -2.61. The molecule has 0 saturated carbocycles. The Hall–Kier alpha value is -2.46. The lowest BCUT2D eigenvalue weighted by molar-refractivity contribution is -0.158. The predicted molar refractivity (Wildman–Crippen MR) is 133 cm³/mol. The number of nitrogens with one attached hydrogen (secondary N) is 1. The van der Waals surface area contributed by atoms with Gasteiger partial charge in [0.1, 0.15) is 6.04 Å². The van der Waals surface area contributed by atoms with E-state index in [1.165, 1.54) is 19.1 Å². The van der Waals surface area contributed by atoms with Crippen molar-refractivity contribution >= 4 is 30.5 Å². The summed E-state index contributed by atoms with van der Waals surface area (Å²) < 4.78 is 9.94. The fourth-order valence-corrected chi connectivity index (χ4v) is 4.07. The molecule has 0 aliphatic carbocycles. The summed E-state index contributed by atoms with van der Waals surface area (Å²) in [6, 6.07) is 3.16. The number of aliphatic carboxylic acids is 1. The van der Waals surface area contributed by atoms with Gasteiger partial charge in [-0.1, -0.05) is 19.9 Å². The zero-order valence-electron chi connectivity index (χ0n) is 21.0. The Morgan fingerprint density at radius 1 is 1.15 bits per heavy atom. The average molecular weight is 499 g/mol. The molecule has 192 valence electrons. The van der Waals surface area contributed by atoms with Gasteiger partial charge >= 0.3 is 11.9 Å². The van der Waals surface area contributed by atoms with Gasteiger partial charge in [-0.25, -0.2) is 4.79 Å². The van der Waals surface area contributed by atoms with Gasteiger partial charge in [0.15, 0.2) is 11.5 Å². The molecule has 0 aromatic heterocycles. The van der Waals surface area contributed by atoms with Crippen LogP contribution in [0.25, 0.3) is 0 Å². The molecular formula is C24H38N2O7S. The lowest BCUT2D eigenvalue weighted by atomic mass is 9.81. The molecule has 0 saturated heterocycles. The first-order valence-corrected chi connectivity index (χ1v) is 11.7. The van der Waals surface area contributed by atoms with E-state index in [4.69, 9.17) is 9.47 Å². The minimum Gasteiger partial charge on any atom is -0.504 e. The number of benzene rings is 1. The third-order valence-electron chi connectivity index (χ3n) is 5.70. The number of carboxylic acid groups (broad SMARTS) is 1. The summed E-state index contributed by atoms with van der Waals surface area (Å²) in [5, 5.41) is 22.6. The summed E-state index contributed by atoms with van der Waals surface area (Å²) >= 11 is 4.22. The van der Waals surface area contributed by atoms with E-state index in [9.17, 15) is 24.6 Å². The number of phenolic OH excluding ortho intramolecular Hbond substituents is 1. The highest BCUT2D eigenvalue weighted by atomic mass is 32.1. The van der Waals surface area contributed by atoms with E-state index in [2.05, 4.69) is 17.9 Å². The monoisotopic (exact) mass is 498 g/mol. The normalized spacial score (nSPS) is 13.6. The highest BCUT2D eigenvalue weighted by Crippen LogP contribution is 2.34. The molecule has 10 heteroatoms. The molecule has 0 radical (unpaired) electrons. The molecule has 2 atom stereocenters. The van der Waals surface area contributed by atoms with Gasteiger partial charge in [-0.3, -0.25) is 9.59 Å². The van der Waals surface area contributed by atoms with Crippen molar-refractivity contribution in [3.05, 3.63) is 23.8 Å². The largest absolute Gasteiger partial charge is 0.504 e. The number of rotatable bonds is 12. The molecule has 0 fully saturated rings. The third kappa shape index (κ3) is 7.80. The fraction of sp³-hybridized carbons (Fsp3) is 0.625. The van der Waals surface area contributed by atoms with Crippen LogP contribution in [-0.4, -0.2) is 77.1 Å². The Bertz CT molecular complexity index is 867. The molecule has 1 aromatic carbocycles. The van der Waals surface area contributed by atoms with E-state index in [0.29, 0.717) is 18.7 Å². The van der Waals surface area contributed by atoms with Crippen LogP contribution in [0.1, 0.15) is 53.0 Å². The van der Waals surface area contributed by atoms with E-state index in [1.807, 2.05) is 19.9 Å². The Kier molecular flexibility index (Phi) is 10.7. The molecule has 0 aliphatic rings. The quantitative estimate of drug-likeness (QED) is 0.256. The van der Waals surface area contributed by atoms with Crippen LogP contribution in [0.2, 0.25) is 0 Å². The van der Waals surface area contributed by atoms with Crippen LogP contribution in [-0.2, 0) is 24.5 Å². The van der Waals surface area contributed by atoms with E-state index in [1.54, 1.807) is 32.9 Å². The molecule has 0 heterocycles. The number of aromatic hydroxyl groups is 1. The summed E-state index contributed by atoms with van der Waals surface area (Å²) in [5.74, 6) is -1.84. The minimum atomic E-state index is -1.14. The Balaban J connectivity index is 3.10. The summed E-state index contributed by atoms with van der Waals surface area (Å²) in [6.07, 6.45) is 0.0975. The molecule has 34 heavy (non-hydrogen) atoms. The molecule has 3 N–H and O–H groups in total. The number of esters is 1. The SMILES string of the molecule is COC(=O)[C@H](CS)N(C(=O)[C@H](CC(=O)O)NCCC(C)(C)c1ccc(OC)c(O)c1)C(C)(C)C. The summed E-state index contributed by atoms with van der Waals surface area (Å²) in [4.78, 5) is 38.7. The Morgan fingerprint density at radius 2 is 1.76 bits per heavy atom. The van der Waals surface area contributed by atoms with Crippen LogP contribution in [0.5, 0.6) is 11.5 Å². The van der Waals surface area contributed by atoms with E-state index >= 15 is 0 Å². The first-order valence-electron chi connectivity index (χ1n) is 11.0. The van der Waals surface area contributed by atoms with E-state index < -0.39 is 47.3 Å². The van der Waals surface area contributed by atoms with Gasteiger partial charge < -0.3 is 29.9 Å². The zero-order chi connectivity index (χ0) is 26.3. The van der Waals surface area contributed by atoms with Crippen LogP contribution >= 0.6 is 12.6 Å². The molecular weight excluding hydrogens is 460 g/mol. The molecule has 0 unspecified atom stereocenters. The second kappa shape index (κ2) is 12.3. The number of carbonyl (C=O) groups excluding carboxylic acids is 2. The van der Waals surface area contributed by atoms with Crippen LogP contribution in [0, 0.1) is 0 Å². The first-order chi connectivity index (χ1) is 15.7. The van der Waals surface area contributed by atoms with Gasteiger partial charge in [0.25, 0.3) is 0 Å². The maximum atomic E-state index is 13.5. The third-order valence-corrected chi connectivity index (χ3v) is 6.04. The van der Waals surface area contributed by atoms with E-state index in [-0.39, 0.29) is 11.5 Å². The highest BCUT2D eigenvalue weighted by molar-refractivity contribution is 7.80. The van der Waals surface area contributed by atoms with Crippen molar-refractivity contribution < 1.29 is 34.1 Å². The molecule has 1 aromatic rings. The van der Waals surface area contributed by atoms with Gasteiger partial charge in [0.2, 0.25) is 5.91 Å². The topological polar surface area (TPSA) is 125 Å². The van der Waals surface area contributed by atoms with Gasteiger partial charge in [0.05, 0.1) is 26.7 Å². The van der Waals surface area contributed by atoms with Crippen molar-refractivity contribution in [1.82, 2.24) is 10.2 Å². The van der Waals surface area contributed by atoms with Crippen molar-refractivity contribution in [2.24, 2.45) is 0 Å². The molecule has 1 rings (SSSR count). The average Bonchev–Trinajstić information content (AvgIpc) is 2.74. The number of phenols is 1. The van der Waals surface area contributed by atoms with Crippen LogP contribution in [0.15, 0.2) is 18.2 Å². The van der Waals surface area contributed by atoms with Gasteiger partial charge in [0, 0.05) is 11.3 Å². The number of hydrogen-bond donors (Lipinski definition) is 4. The van der Waals surface area contributed by atoms with Gasteiger partial charge in [-0.15, -0.1) is 0 Å². The molecule has 0 spiro atoms. The first kappa shape index (κ1) is 29.6. The summed E-state index contributed by atoms with van der Waals surface area (Å²) in [5.41, 5.74) is -0.306. The fourth-order valence-electron chi connectivity index (χ4n) is 3.75. The molecule has 0 aliphatic heterocycles. The van der Waals surface area contributed by atoms with Crippen molar-refractivity contribution in [2.75, 3.05) is 26.5 Å². The standard InChI is InChI=1S/C24H38N2O7S/c1-23(2,3)26(17(14-34)22(31)33-7)21(30)16(13-20(28)29)25-11-10-24(4,5)15-8-9-19(32-6)18(27)12-15/h8-9,12,16-17,25,27,34H,10-11,13-14H2,1-7H3,(H,28,29)/t16-,17-/m0/s1. The number of ether oxygens (including phenoxy) is 2. The predicted octanol–water partition coefficient (Wildman–Crippen LogP) is 2.60. The van der Waals surface area contributed by atoms with E-state index in [0.717, 1.165) is 5.56 Å². The van der Waals surface area contributed by atoms with Crippen LogP contribution < -0.4 is 10.1 Å². The maximum Gasteiger partial charge on any atom is 0.329 e. The summed E-state index contributed by atoms with van der Waals surface area (Å²) in [6.45, 7) is 9.59. The minimum absolute atomic E-state index is 0.0291. The van der Waals surface area contributed by atoms with Crippen LogP contribution in [0.4, 0.5) is 0 Å². The second-order valence-corrected chi connectivity index (χ2v) is 10.1. The van der Waals surface area contributed by atoms with Crippen molar-refractivity contribution in [3.63, 3.8) is 0 Å². The highest BCUT2D eigenvalue weighted by Gasteiger charge is 2.40. The smallest absolute Gasteiger partial charge is 0.329 e. The number of carbonyl (C=O) groups is 3. The molecule has 1 amide bonds. The molecule has 0 bridgehead atoms.